The normalized spacial score (nSPS) is 11.8. The van der Waals surface area contributed by atoms with Gasteiger partial charge < -0.3 is 19.8 Å². The van der Waals surface area contributed by atoms with E-state index in [-0.39, 0.29) is 17.1 Å². The van der Waals surface area contributed by atoms with E-state index in [0.717, 1.165) is 10.5 Å². The molecule has 1 amide bonds. The van der Waals surface area contributed by atoms with Gasteiger partial charge in [-0.2, -0.15) is 0 Å². The van der Waals surface area contributed by atoms with E-state index in [1.165, 1.54) is 27.1 Å². The molecule has 0 spiro atoms. The molecule has 1 aromatic carbocycles. The van der Waals surface area contributed by atoms with E-state index in [4.69, 9.17) is 9.84 Å². The fraction of sp³-hybridized carbons (Fsp3) is 0.385. The molecule has 0 aliphatic carbocycles. The molecule has 0 radical (unpaired) electrons. The van der Waals surface area contributed by atoms with Crippen molar-refractivity contribution in [2.24, 2.45) is 0 Å². The van der Waals surface area contributed by atoms with Crippen LogP contribution in [0.2, 0.25) is 0 Å². The molecule has 19 heavy (non-hydrogen) atoms. The molecule has 0 aromatic heterocycles. The van der Waals surface area contributed by atoms with Gasteiger partial charge in [-0.25, -0.2) is 4.79 Å². The number of aromatic hydroxyl groups is 1. The van der Waals surface area contributed by atoms with Gasteiger partial charge in [-0.1, -0.05) is 0 Å². The number of amides is 1. The van der Waals surface area contributed by atoms with Crippen molar-refractivity contribution in [1.29, 1.82) is 0 Å². The summed E-state index contributed by atoms with van der Waals surface area (Å²) in [5, 5.41) is 18.8. The lowest BCUT2D eigenvalue weighted by atomic mass is 10.1. The van der Waals surface area contributed by atoms with Crippen molar-refractivity contribution in [2.75, 3.05) is 14.2 Å². The Labute approximate surface area is 111 Å². The highest BCUT2D eigenvalue weighted by Gasteiger charge is 2.26. The van der Waals surface area contributed by atoms with E-state index in [1.807, 2.05) is 0 Å². The molecule has 0 bridgehead atoms. The molecule has 0 fully saturated rings. The summed E-state index contributed by atoms with van der Waals surface area (Å²) < 4.78 is 4.97. The Kier molecular flexibility index (Phi) is 4.37. The SMILES string of the molecule is COc1cc(C)cc(C(=O)N(C)C(C)C(=O)O)c1O. The first kappa shape index (κ1) is 14.8. The lowest BCUT2D eigenvalue weighted by Crippen LogP contribution is -2.40. The Balaban J connectivity index is 3.19. The zero-order valence-corrected chi connectivity index (χ0v) is 11.3. The fourth-order valence-corrected chi connectivity index (χ4v) is 1.60. The van der Waals surface area contributed by atoms with Crippen LogP contribution in [0.3, 0.4) is 0 Å². The molecule has 1 aromatic rings. The van der Waals surface area contributed by atoms with Gasteiger partial charge in [0.25, 0.3) is 5.91 Å². The van der Waals surface area contributed by atoms with Gasteiger partial charge in [-0.3, -0.25) is 4.79 Å². The van der Waals surface area contributed by atoms with Gasteiger partial charge in [0, 0.05) is 7.05 Å². The molecule has 1 atom stereocenters. The second-order valence-electron chi connectivity index (χ2n) is 4.29. The molecule has 1 rings (SSSR count). The smallest absolute Gasteiger partial charge is 0.326 e. The number of carboxylic acid groups (broad SMARTS) is 1. The van der Waals surface area contributed by atoms with Gasteiger partial charge in [0.05, 0.1) is 12.7 Å². The molecular weight excluding hydrogens is 250 g/mol. The first-order chi connectivity index (χ1) is 8.79. The summed E-state index contributed by atoms with van der Waals surface area (Å²) in [5.74, 6) is -1.80. The van der Waals surface area contributed by atoms with Crippen LogP contribution in [-0.2, 0) is 4.79 Å². The minimum absolute atomic E-state index is 0.0208. The lowest BCUT2D eigenvalue weighted by Gasteiger charge is -2.22. The number of carbonyl (C=O) groups is 2. The topological polar surface area (TPSA) is 87.1 Å². The summed E-state index contributed by atoms with van der Waals surface area (Å²) in [6.45, 7) is 3.14. The zero-order valence-electron chi connectivity index (χ0n) is 11.3. The number of aryl methyl sites for hydroxylation is 1. The quantitative estimate of drug-likeness (QED) is 0.857. The Hall–Kier alpha value is -2.24. The van der Waals surface area contributed by atoms with E-state index in [1.54, 1.807) is 13.0 Å². The number of hydrogen-bond donors (Lipinski definition) is 2. The standard InChI is InChI=1S/C13H17NO5/c1-7-5-9(11(15)10(6-7)19-4)12(16)14(3)8(2)13(17)18/h5-6,8,15H,1-4H3,(H,17,18). The molecule has 0 saturated heterocycles. The number of phenols is 1. The number of carboxylic acids is 1. The van der Waals surface area contributed by atoms with Crippen molar-refractivity contribution >= 4 is 11.9 Å². The molecule has 0 heterocycles. The Bertz CT molecular complexity index is 512. The Morgan fingerprint density at radius 3 is 2.42 bits per heavy atom. The van der Waals surface area contributed by atoms with Crippen LogP contribution in [0.1, 0.15) is 22.8 Å². The number of nitrogens with zero attached hydrogens (tertiary/aromatic N) is 1. The van der Waals surface area contributed by atoms with Gasteiger partial charge in [0.1, 0.15) is 6.04 Å². The van der Waals surface area contributed by atoms with Crippen LogP contribution >= 0.6 is 0 Å². The summed E-state index contributed by atoms with van der Waals surface area (Å²) in [4.78, 5) is 24.1. The number of benzene rings is 1. The van der Waals surface area contributed by atoms with Crippen molar-refractivity contribution in [3.05, 3.63) is 23.3 Å². The third kappa shape index (κ3) is 2.96. The van der Waals surface area contributed by atoms with E-state index < -0.39 is 17.9 Å². The summed E-state index contributed by atoms with van der Waals surface area (Å²) in [6, 6.07) is 2.09. The van der Waals surface area contributed by atoms with E-state index >= 15 is 0 Å². The molecule has 6 heteroatoms. The fourth-order valence-electron chi connectivity index (χ4n) is 1.60. The highest BCUT2D eigenvalue weighted by molar-refractivity contribution is 5.99. The second-order valence-corrected chi connectivity index (χ2v) is 4.29. The van der Waals surface area contributed by atoms with Crippen LogP contribution in [0.15, 0.2) is 12.1 Å². The lowest BCUT2D eigenvalue weighted by molar-refractivity contribution is -0.141. The van der Waals surface area contributed by atoms with Gasteiger partial charge in [-0.15, -0.1) is 0 Å². The van der Waals surface area contributed by atoms with E-state index in [9.17, 15) is 14.7 Å². The number of methoxy groups -OCH3 is 1. The minimum Gasteiger partial charge on any atom is -0.504 e. The Morgan fingerprint density at radius 2 is 1.95 bits per heavy atom. The van der Waals surface area contributed by atoms with Crippen molar-refractivity contribution in [3.8, 4) is 11.5 Å². The number of phenolic OH excluding ortho intramolecular Hbond substituents is 1. The van der Waals surface area contributed by atoms with Crippen LogP contribution in [-0.4, -0.2) is 47.2 Å². The molecule has 1 unspecified atom stereocenters. The van der Waals surface area contributed by atoms with Gasteiger partial charge >= 0.3 is 5.97 Å². The van der Waals surface area contributed by atoms with Gasteiger partial charge in [0.15, 0.2) is 11.5 Å². The van der Waals surface area contributed by atoms with Crippen molar-refractivity contribution in [2.45, 2.75) is 19.9 Å². The molecule has 104 valence electrons. The van der Waals surface area contributed by atoms with Crippen LogP contribution in [0.25, 0.3) is 0 Å². The highest BCUT2D eigenvalue weighted by atomic mass is 16.5. The molecule has 6 nitrogen and oxygen atoms in total. The monoisotopic (exact) mass is 267 g/mol. The van der Waals surface area contributed by atoms with Crippen molar-refractivity contribution < 1.29 is 24.5 Å². The van der Waals surface area contributed by atoms with Crippen molar-refractivity contribution in [3.63, 3.8) is 0 Å². The average Bonchev–Trinajstić information content (AvgIpc) is 2.38. The molecule has 0 aliphatic rings. The maximum Gasteiger partial charge on any atom is 0.326 e. The molecular formula is C13H17NO5. The molecule has 2 N–H and O–H groups in total. The number of hydrogen-bond acceptors (Lipinski definition) is 4. The van der Waals surface area contributed by atoms with Crippen molar-refractivity contribution in [1.82, 2.24) is 4.90 Å². The Morgan fingerprint density at radius 1 is 1.37 bits per heavy atom. The van der Waals surface area contributed by atoms with E-state index in [0.29, 0.717) is 0 Å². The summed E-state index contributed by atoms with van der Waals surface area (Å²) >= 11 is 0. The molecule has 0 aliphatic heterocycles. The van der Waals surface area contributed by atoms with Crippen LogP contribution in [0.4, 0.5) is 0 Å². The van der Waals surface area contributed by atoms with Crippen LogP contribution in [0.5, 0.6) is 11.5 Å². The highest BCUT2D eigenvalue weighted by Crippen LogP contribution is 2.32. The third-order valence-corrected chi connectivity index (χ3v) is 2.93. The first-order valence-corrected chi connectivity index (χ1v) is 5.67. The summed E-state index contributed by atoms with van der Waals surface area (Å²) in [5.41, 5.74) is 0.752. The number of rotatable bonds is 4. The number of aliphatic carboxylic acids is 1. The van der Waals surface area contributed by atoms with Crippen LogP contribution in [0, 0.1) is 6.92 Å². The van der Waals surface area contributed by atoms with E-state index in [2.05, 4.69) is 0 Å². The summed E-state index contributed by atoms with van der Waals surface area (Å²) in [6.07, 6.45) is 0. The van der Waals surface area contributed by atoms with Gasteiger partial charge in [0.2, 0.25) is 0 Å². The van der Waals surface area contributed by atoms with Gasteiger partial charge in [-0.05, 0) is 31.5 Å². The number of ether oxygens (including phenoxy) is 1. The third-order valence-electron chi connectivity index (χ3n) is 2.93. The first-order valence-electron chi connectivity index (χ1n) is 5.67. The minimum atomic E-state index is -1.12. The number of likely N-dealkylation sites (N-methyl/N-ethyl adjacent to an activating group) is 1. The average molecular weight is 267 g/mol. The van der Waals surface area contributed by atoms with Crippen LogP contribution < -0.4 is 4.74 Å². The second kappa shape index (κ2) is 5.60. The molecule has 0 saturated carbocycles. The maximum atomic E-state index is 12.2. The largest absolute Gasteiger partial charge is 0.504 e. The number of carbonyl (C=O) groups excluding carboxylic acids is 1. The summed E-state index contributed by atoms with van der Waals surface area (Å²) in [7, 11) is 2.75. The predicted octanol–water partition coefficient (Wildman–Crippen LogP) is 1.25. The maximum absolute atomic E-state index is 12.2. The predicted molar refractivity (Wildman–Crippen MR) is 68.6 cm³/mol. The zero-order chi connectivity index (χ0) is 14.7.